The molecule has 156 valence electrons. The van der Waals surface area contributed by atoms with Crippen molar-refractivity contribution in [1.82, 2.24) is 0 Å². The molecule has 1 heterocycles. The normalized spacial score (nSPS) is 16.5. The summed E-state index contributed by atoms with van der Waals surface area (Å²) in [6, 6.07) is 13.6. The number of anilines is 2. The number of benzene rings is 2. The fourth-order valence-electron chi connectivity index (χ4n) is 3.37. The highest BCUT2D eigenvalue weighted by Gasteiger charge is 2.40. The van der Waals surface area contributed by atoms with E-state index in [-0.39, 0.29) is 29.5 Å². The Morgan fingerprint density at radius 1 is 1.13 bits per heavy atom. The Bertz CT molecular complexity index is 1020. The molecular formula is C22H20Cl2N2O4. The summed E-state index contributed by atoms with van der Waals surface area (Å²) in [5.74, 6) is -2.42. The lowest BCUT2D eigenvalue weighted by molar-refractivity contribution is -0.141. The number of para-hydroxylation sites is 1. The van der Waals surface area contributed by atoms with E-state index >= 15 is 0 Å². The van der Waals surface area contributed by atoms with Gasteiger partial charge in [0.2, 0.25) is 11.8 Å². The number of amides is 2. The Balaban J connectivity index is 1.99. The lowest BCUT2D eigenvalue weighted by Crippen LogP contribution is -2.43. The fourth-order valence-corrected chi connectivity index (χ4v) is 3.67. The second-order valence-corrected chi connectivity index (χ2v) is 7.47. The number of hydrogen-bond donors (Lipinski definition) is 1. The molecule has 0 aromatic heterocycles. The fraction of sp³-hybridized carbons (Fsp3) is 0.227. The lowest BCUT2D eigenvalue weighted by Gasteiger charge is -2.33. The maximum absolute atomic E-state index is 13.0. The summed E-state index contributed by atoms with van der Waals surface area (Å²) in [5.41, 5.74) is 1.54. The molecule has 0 bridgehead atoms. The molecule has 0 saturated carbocycles. The number of rotatable bonds is 5. The molecule has 2 aromatic carbocycles. The minimum absolute atomic E-state index is 0.149. The number of carbonyl (C=O) groups excluding carboxylic acids is 3. The Labute approximate surface area is 184 Å². The molecule has 0 radical (unpaired) electrons. The number of nitrogens with one attached hydrogen (secondary N) is 1. The Morgan fingerprint density at radius 3 is 2.47 bits per heavy atom. The molecule has 30 heavy (non-hydrogen) atoms. The number of allylic oxidation sites excluding steroid dienone is 1. The number of ether oxygens (including phenoxy) is 1. The van der Waals surface area contributed by atoms with Crippen molar-refractivity contribution >= 4 is 52.4 Å². The molecule has 0 spiro atoms. The number of esters is 1. The smallest absolute Gasteiger partial charge is 0.336 e. The number of nitrogens with zero attached hydrogens (tertiary/aromatic N) is 1. The van der Waals surface area contributed by atoms with Crippen LogP contribution in [0.25, 0.3) is 0 Å². The van der Waals surface area contributed by atoms with E-state index in [1.807, 2.05) is 6.07 Å². The predicted molar refractivity (Wildman–Crippen MR) is 116 cm³/mol. The van der Waals surface area contributed by atoms with Gasteiger partial charge in [-0.1, -0.05) is 41.4 Å². The van der Waals surface area contributed by atoms with Crippen molar-refractivity contribution in [3.05, 3.63) is 69.8 Å². The minimum Gasteiger partial charge on any atom is -0.463 e. The molecule has 3 rings (SSSR count). The largest absolute Gasteiger partial charge is 0.463 e. The zero-order chi connectivity index (χ0) is 21.8. The Hall–Kier alpha value is -2.83. The zero-order valence-electron chi connectivity index (χ0n) is 16.4. The van der Waals surface area contributed by atoms with Crippen molar-refractivity contribution in [1.29, 1.82) is 0 Å². The van der Waals surface area contributed by atoms with E-state index in [0.29, 0.717) is 22.1 Å². The van der Waals surface area contributed by atoms with Gasteiger partial charge in [0.25, 0.3) is 0 Å². The van der Waals surface area contributed by atoms with Crippen molar-refractivity contribution in [2.24, 2.45) is 5.92 Å². The van der Waals surface area contributed by atoms with Gasteiger partial charge in [-0.25, -0.2) is 4.79 Å². The standard InChI is InChI=1S/C22H20Cl2N2O4/c1-3-30-22(29)20-13(2)26(15-7-5-4-6-8-15)19(27)12-16(20)21(28)25-14-9-10-17(23)18(24)11-14/h4-11,16H,3,12H2,1-2H3,(H,25,28)/t16-/m0/s1. The Morgan fingerprint density at radius 2 is 1.83 bits per heavy atom. The third-order valence-electron chi connectivity index (χ3n) is 4.72. The summed E-state index contributed by atoms with van der Waals surface area (Å²) in [4.78, 5) is 40.1. The van der Waals surface area contributed by atoms with Gasteiger partial charge in [0.05, 0.1) is 28.1 Å². The molecule has 1 N–H and O–H groups in total. The average molecular weight is 447 g/mol. The van der Waals surface area contributed by atoms with Crippen LogP contribution in [0.1, 0.15) is 20.3 Å². The SMILES string of the molecule is CCOC(=O)C1=C(C)N(c2ccccc2)C(=O)C[C@@H]1C(=O)Nc1ccc(Cl)c(Cl)c1. The van der Waals surface area contributed by atoms with E-state index in [1.165, 1.54) is 11.0 Å². The molecule has 8 heteroatoms. The predicted octanol–water partition coefficient (Wildman–Crippen LogP) is 4.82. The summed E-state index contributed by atoms with van der Waals surface area (Å²) < 4.78 is 5.18. The van der Waals surface area contributed by atoms with Crippen molar-refractivity contribution in [3.63, 3.8) is 0 Å². The van der Waals surface area contributed by atoms with Gasteiger partial charge in [-0.05, 0) is 44.2 Å². The third kappa shape index (κ3) is 4.50. The molecule has 2 amide bonds. The van der Waals surface area contributed by atoms with Crippen LogP contribution in [-0.2, 0) is 19.1 Å². The van der Waals surface area contributed by atoms with Gasteiger partial charge in [-0.15, -0.1) is 0 Å². The summed E-state index contributed by atoms with van der Waals surface area (Å²) >= 11 is 11.9. The first-order valence-corrected chi connectivity index (χ1v) is 10.1. The third-order valence-corrected chi connectivity index (χ3v) is 5.45. The average Bonchev–Trinajstić information content (AvgIpc) is 2.71. The van der Waals surface area contributed by atoms with Gasteiger partial charge >= 0.3 is 5.97 Å². The van der Waals surface area contributed by atoms with Gasteiger partial charge in [0, 0.05) is 23.5 Å². The van der Waals surface area contributed by atoms with Crippen molar-refractivity contribution in [2.75, 3.05) is 16.8 Å². The zero-order valence-corrected chi connectivity index (χ0v) is 18.0. The molecule has 0 unspecified atom stereocenters. The lowest BCUT2D eigenvalue weighted by atomic mass is 9.88. The molecule has 0 saturated heterocycles. The van der Waals surface area contributed by atoms with Crippen molar-refractivity contribution in [2.45, 2.75) is 20.3 Å². The van der Waals surface area contributed by atoms with Crippen LogP contribution in [-0.4, -0.2) is 24.4 Å². The monoisotopic (exact) mass is 446 g/mol. The van der Waals surface area contributed by atoms with Crippen LogP contribution in [0, 0.1) is 5.92 Å². The summed E-state index contributed by atoms with van der Waals surface area (Å²) in [5, 5.41) is 3.34. The van der Waals surface area contributed by atoms with Crippen LogP contribution in [0.4, 0.5) is 11.4 Å². The van der Waals surface area contributed by atoms with Gasteiger partial charge in [0.15, 0.2) is 0 Å². The molecule has 6 nitrogen and oxygen atoms in total. The maximum atomic E-state index is 13.0. The van der Waals surface area contributed by atoms with E-state index in [1.54, 1.807) is 50.2 Å². The van der Waals surface area contributed by atoms with E-state index < -0.39 is 17.8 Å². The first-order chi connectivity index (χ1) is 14.3. The van der Waals surface area contributed by atoms with Crippen LogP contribution in [0.2, 0.25) is 10.0 Å². The highest BCUT2D eigenvalue weighted by atomic mass is 35.5. The van der Waals surface area contributed by atoms with E-state index in [4.69, 9.17) is 27.9 Å². The van der Waals surface area contributed by atoms with Gasteiger partial charge in [0.1, 0.15) is 0 Å². The molecule has 2 aromatic rings. The van der Waals surface area contributed by atoms with Crippen LogP contribution in [0.15, 0.2) is 59.8 Å². The van der Waals surface area contributed by atoms with E-state index in [0.717, 1.165) is 0 Å². The minimum atomic E-state index is -0.994. The molecule has 1 aliphatic heterocycles. The van der Waals surface area contributed by atoms with Crippen molar-refractivity contribution in [3.8, 4) is 0 Å². The number of carbonyl (C=O) groups is 3. The topological polar surface area (TPSA) is 75.7 Å². The quantitative estimate of drug-likeness (QED) is 0.667. The second kappa shape index (κ2) is 9.32. The maximum Gasteiger partial charge on any atom is 0.336 e. The van der Waals surface area contributed by atoms with Gasteiger partial charge in [-0.2, -0.15) is 0 Å². The van der Waals surface area contributed by atoms with Crippen LogP contribution in [0.5, 0.6) is 0 Å². The molecular weight excluding hydrogens is 427 g/mol. The van der Waals surface area contributed by atoms with E-state index in [2.05, 4.69) is 5.32 Å². The van der Waals surface area contributed by atoms with Crippen LogP contribution >= 0.6 is 23.2 Å². The number of halogens is 2. The van der Waals surface area contributed by atoms with Gasteiger partial charge < -0.3 is 10.1 Å². The summed E-state index contributed by atoms with van der Waals surface area (Å²) in [6.07, 6.45) is -0.173. The number of hydrogen-bond acceptors (Lipinski definition) is 4. The highest BCUT2D eigenvalue weighted by Crippen LogP contribution is 2.34. The first kappa shape index (κ1) is 21.9. The second-order valence-electron chi connectivity index (χ2n) is 6.66. The van der Waals surface area contributed by atoms with Crippen LogP contribution < -0.4 is 10.2 Å². The molecule has 0 fully saturated rings. The van der Waals surface area contributed by atoms with E-state index in [9.17, 15) is 14.4 Å². The highest BCUT2D eigenvalue weighted by molar-refractivity contribution is 6.42. The Kier molecular flexibility index (Phi) is 6.80. The molecule has 1 atom stereocenters. The van der Waals surface area contributed by atoms with Crippen LogP contribution in [0.3, 0.4) is 0 Å². The van der Waals surface area contributed by atoms with Gasteiger partial charge in [-0.3, -0.25) is 14.5 Å². The first-order valence-electron chi connectivity index (χ1n) is 9.35. The molecule has 0 aliphatic carbocycles. The summed E-state index contributed by atoms with van der Waals surface area (Å²) in [6.45, 7) is 3.47. The summed E-state index contributed by atoms with van der Waals surface area (Å²) in [7, 11) is 0. The van der Waals surface area contributed by atoms with Crippen molar-refractivity contribution < 1.29 is 19.1 Å². The molecule has 1 aliphatic rings.